The van der Waals surface area contributed by atoms with Crippen molar-refractivity contribution in [3.8, 4) is 5.75 Å². The maximum absolute atomic E-state index is 9.83. The molecule has 2 rings (SSSR count). The predicted molar refractivity (Wildman–Crippen MR) is 62.6 cm³/mol. The van der Waals surface area contributed by atoms with Gasteiger partial charge in [0.25, 0.3) is 0 Å². The zero-order valence-corrected chi connectivity index (χ0v) is 9.88. The number of rotatable bonds is 3. The minimum absolute atomic E-state index is 0.0720. The Bertz CT molecular complexity index is 535. The van der Waals surface area contributed by atoms with Gasteiger partial charge in [-0.1, -0.05) is 0 Å². The number of aromatic nitrogens is 3. The standard InChI is InChI=1S/C12H15N3O2/c1-8-12(17)11(7-16)10(5-14-8)6-15-4-3-13-9(15)2/h3-5,16-17H,6-7H2,1-2H3. The highest BCUT2D eigenvalue weighted by molar-refractivity contribution is 5.40. The first-order chi connectivity index (χ1) is 8.13. The van der Waals surface area contributed by atoms with Crippen LogP contribution in [0.25, 0.3) is 0 Å². The van der Waals surface area contributed by atoms with E-state index in [0.29, 0.717) is 17.8 Å². The molecule has 2 heterocycles. The molecular weight excluding hydrogens is 218 g/mol. The molecule has 0 saturated carbocycles. The summed E-state index contributed by atoms with van der Waals surface area (Å²) in [4.78, 5) is 8.23. The van der Waals surface area contributed by atoms with Crippen molar-refractivity contribution >= 4 is 0 Å². The highest BCUT2D eigenvalue weighted by Crippen LogP contribution is 2.24. The zero-order chi connectivity index (χ0) is 12.4. The first-order valence-corrected chi connectivity index (χ1v) is 5.38. The average Bonchev–Trinajstić information content (AvgIpc) is 2.70. The van der Waals surface area contributed by atoms with E-state index < -0.39 is 0 Å². The topological polar surface area (TPSA) is 71.2 Å². The second kappa shape index (κ2) is 4.55. The molecule has 0 aliphatic carbocycles. The molecule has 0 aliphatic heterocycles. The van der Waals surface area contributed by atoms with Gasteiger partial charge in [0.1, 0.15) is 11.6 Å². The van der Waals surface area contributed by atoms with E-state index in [9.17, 15) is 10.2 Å². The van der Waals surface area contributed by atoms with Gasteiger partial charge < -0.3 is 14.8 Å². The molecule has 90 valence electrons. The number of nitrogens with zero attached hydrogens (tertiary/aromatic N) is 3. The van der Waals surface area contributed by atoms with E-state index in [2.05, 4.69) is 9.97 Å². The van der Waals surface area contributed by atoms with E-state index in [1.54, 1.807) is 19.3 Å². The number of imidazole rings is 1. The predicted octanol–water partition coefficient (Wildman–Crippen LogP) is 1.14. The number of aliphatic hydroxyl groups is 1. The summed E-state index contributed by atoms with van der Waals surface area (Å²) < 4.78 is 1.94. The molecule has 2 aromatic heterocycles. The molecule has 5 heteroatoms. The minimum Gasteiger partial charge on any atom is -0.506 e. The molecule has 0 fully saturated rings. The lowest BCUT2D eigenvalue weighted by atomic mass is 10.1. The van der Waals surface area contributed by atoms with Crippen LogP contribution in [0.1, 0.15) is 22.6 Å². The maximum atomic E-state index is 9.83. The van der Waals surface area contributed by atoms with Crippen LogP contribution in [0.3, 0.4) is 0 Å². The van der Waals surface area contributed by atoms with Gasteiger partial charge >= 0.3 is 0 Å². The summed E-state index contributed by atoms with van der Waals surface area (Å²) in [5, 5.41) is 19.1. The molecule has 0 aromatic carbocycles. The highest BCUT2D eigenvalue weighted by atomic mass is 16.3. The van der Waals surface area contributed by atoms with E-state index in [1.807, 2.05) is 17.7 Å². The van der Waals surface area contributed by atoms with Gasteiger partial charge in [-0.3, -0.25) is 4.98 Å². The molecule has 5 nitrogen and oxygen atoms in total. The van der Waals surface area contributed by atoms with Gasteiger partial charge in [0, 0.05) is 24.2 Å². The summed E-state index contributed by atoms with van der Waals surface area (Å²) in [6, 6.07) is 0. The molecule has 0 saturated heterocycles. The molecule has 2 N–H and O–H groups in total. The van der Waals surface area contributed by atoms with Crippen LogP contribution in [0.15, 0.2) is 18.6 Å². The van der Waals surface area contributed by atoms with Crippen LogP contribution in [0.2, 0.25) is 0 Å². The number of hydrogen-bond donors (Lipinski definition) is 2. The molecular formula is C12H15N3O2. The van der Waals surface area contributed by atoms with E-state index in [-0.39, 0.29) is 12.4 Å². The van der Waals surface area contributed by atoms with Crippen molar-refractivity contribution in [2.75, 3.05) is 0 Å². The fourth-order valence-corrected chi connectivity index (χ4v) is 1.75. The van der Waals surface area contributed by atoms with E-state index >= 15 is 0 Å². The van der Waals surface area contributed by atoms with E-state index in [4.69, 9.17) is 0 Å². The Morgan fingerprint density at radius 3 is 2.65 bits per heavy atom. The van der Waals surface area contributed by atoms with Crippen molar-refractivity contribution in [3.05, 3.63) is 41.2 Å². The largest absolute Gasteiger partial charge is 0.506 e. The van der Waals surface area contributed by atoms with Gasteiger partial charge in [0.05, 0.1) is 18.8 Å². The van der Waals surface area contributed by atoms with Crippen molar-refractivity contribution in [1.82, 2.24) is 14.5 Å². The Morgan fingerprint density at radius 1 is 1.29 bits per heavy atom. The van der Waals surface area contributed by atoms with E-state index in [1.165, 1.54) is 0 Å². The number of pyridine rings is 1. The molecule has 0 aliphatic rings. The fraction of sp³-hybridized carbons (Fsp3) is 0.333. The summed E-state index contributed by atoms with van der Waals surface area (Å²) in [5.41, 5.74) is 1.86. The Kier molecular flexibility index (Phi) is 3.10. The third-order valence-electron chi connectivity index (χ3n) is 2.85. The Hall–Kier alpha value is -1.88. The number of hydrogen-bond acceptors (Lipinski definition) is 4. The summed E-state index contributed by atoms with van der Waals surface area (Å²) in [7, 11) is 0. The monoisotopic (exact) mass is 233 g/mol. The molecule has 0 atom stereocenters. The van der Waals surface area contributed by atoms with Crippen LogP contribution < -0.4 is 0 Å². The first-order valence-electron chi connectivity index (χ1n) is 5.38. The number of aryl methyl sites for hydroxylation is 2. The van der Waals surface area contributed by atoms with Crippen molar-refractivity contribution in [2.24, 2.45) is 0 Å². The third kappa shape index (κ3) is 2.14. The molecule has 0 spiro atoms. The summed E-state index contributed by atoms with van der Waals surface area (Å²) in [6.07, 6.45) is 5.25. The SMILES string of the molecule is Cc1ncc(Cn2ccnc2C)c(CO)c1O. The lowest BCUT2D eigenvalue weighted by Gasteiger charge is -2.12. The van der Waals surface area contributed by atoms with Crippen LogP contribution >= 0.6 is 0 Å². The lowest BCUT2D eigenvalue weighted by molar-refractivity contribution is 0.273. The van der Waals surface area contributed by atoms with Gasteiger partial charge in [0.2, 0.25) is 0 Å². The van der Waals surface area contributed by atoms with Crippen LogP contribution in [0.4, 0.5) is 0 Å². The van der Waals surface area contributed by atoms with E-state index in [0.717, 1.165) is 11.4 Å². The molecule has 0 bridgehead atoms. The van der Waals surface area contributed by atoms with Crippen molar-refractivity contribution in [3.63, 3.8) is 0 Å². The van der Waals surface area contributed by atoms with Gasteiger partial charge in [0.15, 0.2) is 0 Å². The molecule has 2 aromatic rings. The quantitative estimate of drug-likeness (QED) is 0.834. The lowest BCUT2D eigenvalue weighted by Crippen LogP contribution is -2.06. The highest BCUT2D eigenvalue weighted by Gasteiger charge is 2.11. The molecule has 0 amide bonds. The molecule has 0 unspecified atom stereocenters. The Morgan fingerprint density at radius 2 is 2.06 bits per heavy atom. The maximum Gasteiger partial charge on any atom is 0.142 e. The summed E-state index contributed by atoms with van der Waals surface area (Å²) in [6.45, 7) is 3.96. The number of aliphatic hydroxyl groups excluding tert-OH is 1. The Balaban J connectivity index is 2.40. The van der Waals surface area contributed by atoms with Crippen molar-refractivity contribution in [1.29, 1.82) is 0 Å². The smallest absolute Gasteiger partial charge is 0.142 e. The van der Waals surface area contributed by atoms with Gasteiger partial charge in [-0.25, -0.2) is 4.98 Å². The molecule has 17 heavy (non-hydrogen) atoms. The van der Waals surface area contributed by atoms with Gasteiger partial charge in [-0.15, -0.1) is 0 Å². The van der Waals surface area contributed by atoms with Crippen LogP contribution in [-0.2, 0) is 13.2 Å². The second-order valence-electron chi connectivity index (χ2n) is 3.96. The average molecular weight is 233 g/mol. The van der Waals surface area contributed by atoms with Crippen LogP contribution in [-0.4, -0.2) is 24.7 Å². The summed E-state index contributed by atoms with van der Waals surface area (Å²) >= 11 is 0. The Labute approximate surface area is 99.4 Å². The van der Waals surface area contributed by atoms with Gasteiger partial charge in [-0.05, 0) is 19.4 Å². The zero-order valence-electron chi connectivity index (χ0n) is 9.88. The van der Waals surface area contributed by atoms with Crippen molar-refractivity contribution < 1.29 is 10.2 Å². The third-order valence-corrected chi connectivity index (χ3v) is 2.85. The summed E-state index contributed by atoms with van der Waals surface area (Å²) in [5.74, 6) is 0.955. The van der Waals surface area contributed by atoms with Crippen LogP contribution in [0, 0.1) is 13.8 Å². The van der Waals surface area contributed by atoms with Crippen molar-refractivity contribution in [2.45, 2.75) is 27.0 Å². The first kappa shape index (κ1) is 11.6. The fourth-order valence-electron chi connectivity index (χ4n) is 1.75. The second-order valence-corrected chi connectivity index (χ2v) is 3.96. The van der Waals surface area contributed by atoms with Crippen LogP contribution in [0.5, 0.6) is 5.75 Å². The molecule has 0 radical (unpaired) electrons. The minimum atomic E-state index is -0.196. The normalized spacial score (nSPS) is 10.8. The number of aromatic hydroxyl groups is 1. The van der Waals surface area contributed by atoms with Gasteiger partial charge in [-0.2, -0.15) is 0 Å².